The Hall–Kier alpha value is -2.08. The summed E-state index contributed by atoms with van der Waals surface area (Å²) in [6, 6.07) is 4.47. The number of nitrogens with zero attached hydrogens (tertiary/aromatic N) is 1. The molecule has 2 aliphatic rings. The van der Waals surface area contributed by atoms with E-state index >= 15 is 0 Å². The molecule has 1 saturated heterocycles. The van der Waals surface area contributed by atoms with Crippen molar-refractivity contribution in [2.45, 2.75) is 43.8 Å². The van der Waals surface area contributed by atoms with Crippen LogP contribution in [-0.4, -0.2) is 51.4 Å². The maximum atomic E-state index is 14.7. The Morgan fingerprint density at radius 2 is 1.68 bits per heavy atom. The van der Waals surface area contributed by atoms with Crippen molar-refractivity contribution in [3.8, 4) is 5.75 Å². The van der Waals surface area contributed by atoms with E-state index in [-0.39, 0.29) is 52.9 Å². The molecule has 4 rings (SSSR count). The largest absolute Gasteiger partial charge is 0.493 e. The normalized spacial score (nSPS) is 18.3. The van der Waals surface area contributed by atoms with E-state index in [9.17, 15) is 30.8 Å². The number of alkyl halides is 3. The number of nitrogens with one attached hydrogen (secondary N) is 1. The van der Waals surface area contributed by atoms with Gasteiger partial charge in [-0.25, -0.2) is 17.5 Å². The Morgan fingerprint density at radius 1 is 1.08 bits per heavy atom. The fraction of sp³-hybridized carbons (Fsp3) is 0.480. The first kappa shape index (κ1) is 28.9. The summed E-state index contributed by atoms with van der Waals surface area (Å²) in [5.74, 6) is -1.73. The molecule has 1 amide bonds. The van der Waals surface area contributed by atoms with Gasteiger partial charge < -0.3 is 4.74 Å². The zero-order chi connectivity index (χ0) is 27.8. The van der Waals surface area contributed by atoms with Gasteiger partial charge in [-0.1, -0.05) is 23.2 Å². The molecule has 1 heterocycles. The molecule has 0 radical (unpaired) electrons. The first-order valence-corrected chi connectivity index (χ1v) is 14.6. The van der Waals surface area contributed by atoms with Crippen LogP contribution in [0.3, 0.4) is 0 Å². The molecule has 2 aromatic carbocycles. The summed E-state index contributed by atoms with van der Waals surface area (Å²) < 4.78 is 87.2. The number of hydrogen-bond donors (Lipinski definition) is 1. The van der Waals surface area contributed by atoms with Gasteiger partial charge in [0.1, 0.15) is 17.6 Å². The average Bonchev–Trinajstić information content (AvgIpc) is 3.61. The summed E-state index contributed by atoms with van der Waals surface area (Å²) in [4.78, 5) is 13.6. The van der Waals surface area contributed by atoms with E-state index in [1.165, 1.54) is 29.2 Å². The smallest absolute Gasteiger partial charge is 0.408 e. The number of ether oxygens (including phenoxy) is 1. The third-order valence-electron chi connectivity index (χ3n) is 6.64. The summed E-state index contributed by atoms with van der Waals surface area (Å²) in [6.45, 7) is 0.495. The van der Waals surface area contributed by atoms with Gasteiger partial charge in [0.2, 0.25) is 10.0 Å². The molecule has 1 aliphatic heterocycles. The fourth-order valence-corrected chi connectivity index (χ4v) is 5.72. The minimum absolute atomic E-state index is 0.0192. The van der Waals surface area contributed by atoms with Crippen molar-refractivity contribution in [1.82, 2.24) is 9.62 Å². The van der Waals surface area contributed by atoms with Gasteiger partial charge in [-0.05, 0) is 86.0 Å². The van der Waals surface area contributed by atoms with Gasteiger partial charge in [-0.15, -0.1) is 0 Å². The van der Waals surface area contributed by atoms with Crippen LogP contribution in [0, 0.1) is 11.7 Å². The summed E-state index contributed by atoms with van der Waals surface area (Å²) in [5, 5.41) is 0.257. The van der Waals surface area contributed by atoms with Crippen LogP contribution in [0.25, 0.3) is 0 Å². The number of halogens is 6. The van der Waals surface area contributed by atoms with Crippen LogP contribution >= 0.6 is 23.2 Å². The number of benzene rings is 2. The molecule has 1 aliphatic carbocycles. The molecule has 1 atom stereocenters. The van der Waals surface area contributed by atoms with Crippen molar-refractivity contribution in [1.29, 1.82) is 0 Å². The number of hydrogen-bond acceptors (Lipinski definition) is 5. The lowest BCUT2D eigenvalue weighted by molar-refractivity contribution is -0.190. The van der Waals surface area contributed by atoms with E-state index in [4.69, 9.17) is 27.9 Å². The Balaban J connectivity index is 1.43. The van der Waals surface area contributed by atoms with Gasteiger partial charge >= 0.3 is 6.18 Å². The molecule has 1 saturated carbocycles. The van der Waals surface area contributed by atoms with E-state index in [1.807, 2.05) is 0 Å². The van der Waals surface area contributed by atoms with E-state index in [2.05, 4.69) is 0 Å². The van der Waals surface area contributed by atoms with E-state index < -0.39 is 39.5 Å². The number of piperidine rings is 1. The molecule has 6 nitrogen and oxygen atoms in total. The molecule has 1 unspecified atom stereocenters. The zero-order valence-corrected chi connectivity index (χ0v) is 22.7. The molecular formula is C25H26Cl2F4N2O4S. The summed E-state index contributed by atoms with van der Waals surface area (Å²) in [6.07, 6.45) is -1.23. The molecule has 38 heavy (non-hydrogen) atoms. The number of carbonyl (C=O) groups excluding carboxylic acids is 1. The van der Waals surface area contributed by atoms with E-state index in [0.717, 1.165) is 25.2 Å². The Labute approximate surface area is 228 Å². The number of sulfonamides is 1. The number of amides is 1. The van der Waals surface area contributed by atoms with Crippen molar-refractivity contribution < 1.29 is 35.5 Å². The quantitative estimate of drug-likeness (QED) is 0.373. The summed E-state index contributed by atoms with van der Waals surface area (Å²) in [7, 11) is -3.87. The molecule has 0 bridgehead atoms. The monoisotopic (exact) mass is 596 g/mol. The highest BCUT2D eigenvalue weighted by molar-refractivity contribution is 7.89. The minimum atomic E-state index is -4.53. The standard InChI is InChI=1S/C25H26Cl2F4N2O4S/c1-38(35,36)32-24(34)20-11-19(15-2-3-15)22(12-21(20)28)37-13-14-4-6-33(7-5-14)23(25(29,30)31)16-8-17(26)10-18(27)9-16/h8-12,14-15,23H,2-7,13H2,1H3,(H,32,34). The molecule has 208 valence electrons. The first-order valence-electron chi connectivity index (χ1n) is 12.0. The van der Waals surface area contributed by atoms with E-state index in [1.54, 1.807) is 4.72 Å². The SMILES string of the molecule is CS(=O)(=O)NC(=O)c1cc(C2CC2)c(OCC2CCN(C(c3cc(Cl)cc(Cl)c3)C(F)(F)F)CC2)cc1F. The van der Waals surface area contributed by atoms with Crippen molar-refractivity contribution in [2.75, 3.05) is 26.0 Å². The van der Waals surface area contributed by atoms with Crippen molar-refractivity contribution >= 4 is 39.1 Å². The van der Waals surface area contributed by atoms with Crippen LogP contribution < -0.4 is 9.46 Å². The maximum Gasteiger partial charge on any atom is 0.408 e. The molecule has 0 spiro atoms. The van der Waals surface area contributed by atoms with Crippen LogP contribution in [0.1, 0.15) is 59.1 Å². The second-order valence-electron chi connectivity index (χ2n) is 9.78. The maximum absolute atomic E-state index is 14.7. The predicted molar refractivity (Wildman–Crippen MR) is 136 cm³/mol. The van der Waals surface area contributed by atoms with Crippen molar-refractivity contribution in [2.24, 2.45) is 5.92 Å². The zero-order valence-electron chi connectivity index (χ0n) is 20.3. The highest BCUT2D eigenvalue weighted by atomic mass is 35.5. The predicted octanol–water partition coefficient (Wildman–Crippen LogP) is 6.09. The Bertz CT molecular complexity index is 1290. The lowest BCUT2D eigenvalue weighted by Crippen LogP contribution is -2.43. The van der Waals surface area contributed by atoms with Crippen LogP contribution in [0.5, 0.6) is 5.75 Å². The molecule has 13 heteroatoms. The average molecular weight is 597 g/mol. The van der Waals surface area contributed by atoms with Crippen molar-refractivity contribution in [3.63, 3.8) is 0 Å². The van der Waals surface area contributed by atoms with Crippen molar-refractivity contribution in [3.05, 3.63) is 62.9 Å². The highest BCUT2D eigenvalue weighted by Gasteiger charge is 2.45. The highest BCUT2D eigenvalue weighted by Crippen LogP contribution is 2.46. The second-order valence-corrected chi connectivity index (χ2v) is 12.4. The number of likely N-dealkylation sites (tertiary alicyclic amines) is 1. The third-order valence-corrected chi connectivity index (χ3v) is 7.63. The lowest BCUT2D eigenvalue weighted by Gasteiger charge is -2.38. The van der Waals surface area contributed by atoms with Gasteiger partial charge in [0.25, 0.3) is 5.91 Å². The topological polar surface area (TPSA) is 75.7 Å². The van der Waals surface area contributed by atoms with Gasteiger partial charge in [-0.3, -0.25) is 9.69 Å². The third kappa shape index (κ3) is 7.31. The fourth-order valence-electron chi connectivity index (χ4n) is 4.73. The lowest BCUT2D eigenvalue weighted by atomic mass is 9.94. The van der Waals surface area contributed by atoms with Gasteiger partial charge in [0.15, 0.2) is 0 Å². The van der Waals surface area contributed by atoms with Crippen LogP contribution in [-0.2, 0) is 10.0 Å². The summed E-state index contributed by atoms with van der Waals surface area (Å²) >= 11 is 11.9. The van der Waals surface area contributed by atoms with Gasteiger partial charge in [0, 0.05) is 16.1 Å². The molecular weight excluding hydrogens is 571 g/mol. The second kappa shape index (κ2) is 11.2. The van der Waals surface area contributed by atoms with Crippen LogP contribution in [0.2, 0.25) is 10.0 Å². The van der Waals surface area contributed by atoms with Gasteiger partial charge in [0.05, 0.1) is 18.4 Å². The number of carbonyl (C=O) groups is 1. The van der Waals surface area contributed by atoms with Crippen LogP contribution in [0.4, 0.5) is 17.6 Å². The first-order chi connectivity index (χ1) is 17.7. The molecule has 2 aromatic rings. The molecule has 0 aromatic heterocycles. The van der Waals surface area contributed by atoms with Crippen LogP contribution in [0.15, 0.2) is 30.3 Å². The van der Waals surface area contributed by atoms with E-state index in [0.29, 0.717) is 18.4 Å². The molecule has 1 N–H and O–H groups in total. The molecule has 2 fully saturated rings. The minimum Gasteiger partial charge on any atom is -0.493 e. The Morgan fingerprint density at radius 3 is 2.21 bits per heavy atom. The van der Waals surface area contributed by atoms with Gasteiger partial charge in [-0.2, -0.15) is 13.2 Å². The summed E-state index contributed by atoms with van der Waals surface area (Å²) in [5.41, 5.74) is 0.198. The Kier molecular flexibility index (Phi) is 8.52. The number of rotatable bonds is 8.